The van der Waals surface area contributed by atoms with Crippen LogP contribution < -0.4 is 4.74 Å². The van der Waals surface area contributed by atoms with Gasteiger partial charge in [0.2, 0.25) is 0 Å². The first kappa shape index (κ1) is 23.0. The summed E-state index contributed by atoms with van der Waals surface area (Å²) in [6.07, 6.45) is -1.94. The molecule has 3 heterocycles. The van der Waals surface area contributed by atoms with Crippen LogP contribution in [0.2, 0.25) is 0 Å². The highest BCUT2D eigenvalue weighted by atomic mass is 19.4. The van der Waals surface area contributed by atoms with Crippen LogP contribution in [0.15, 0.2) is 29.4 Å². The third kappa shape index (κ3) is 5.62. The fourth-order valence-corrected chi connectivity index (χ4v) is 4.05. The summed E-state index contributed by atoms with van der Waals surface area (Å²) in [5.74, 6) is -0.209. The van der Waals surface area contributed by atoms with E-state index in [0.717, 1.165) is 17.5 Å². The Morgan fingerprint density at radius 3 is 2.48 bits per heavy atom. The van der Waals surface area contributed by atoms with Gasteiger partial charge in [-0.15, -0.1) is 10.2 Å². The molecule has 1 saturated heterocycles. The number of nitrogens with zero attached hydrogens (tertiary/aromatic N) is 5. The molecule has 0 atom stereocenters. The zero-order valence-corrected chi connectivity index (χ0v) is 17.8. The van der Waals surface area contributed by atoms with Crippen LogP contribution in [0.5, 0.6) is 5.75 Å². The topological polar surface area (TPSA) is 102 Å². The first-order chi connectivity index (χ1) is 15.8. The maximum absolute atomic E-state index is 13.1. The molecule has 0 bridgehead atoms. The van der Waals surface area contributed by atoms with Crippen molar-refractivity contribution in [1.29, 1.82) is 0 Å². The van der Waals surface area contributed by atoms with Gasteiger partial charge in [-0.2, -0.15) is 22.9 Å². The number of aliphatic carboxylic acids is 1. The Balaban J connectivity index is 1.30. The molecule has 178 valence electrons. The summed E-state index contributed by atoms with van der Waals surface area (Å²) in [5.41, 5.74) is 1.18. The van der Waals surface area contributed by atoms with Crippen molar-refractivity contribution >= 4 is 11.8 Å². The number of halogens is 3. The molecule has 1 fully saturated rings. The second-order valence-electron chi connectivity index (χ2n) is 7.89. The number of amidine groups is 1. The normalized spacial score (nSPS) is 16.9. The number of alkyl halides is 3. The van der Waals surface area contributed by atoms with E-state index in [9.17, 15) is 18.0 Å². The zero-order valence-electron chi connectivity index (χ0n) is 17.8. The maximum Gasteiger partial charge on any atom is 0.453 e. The van der Waals surface area contributed by atoms with Gasteiger partial charge in [0.05, 0.1) is 6.61 Å². The minimum Gasteiger partial charge on any atom is -0.491 e. The molecule has 2 aliphatic heterocycles. The van der Waals surface area contributed by atoms with Gasteiger partial charge in [0.25, 0.3) is 5.82 Å². The van der Waals surface area contributed by atoms with E-state index < -0.39 is 18.0 Å². The number of aryl methyl sites for hydroxylation is 1. The van der Waals surface area contributed by atoms with E-state index in [1.54, 1.807) is 0 Å². The third-order valence-corrected chi connectivity index (χ3v) is 5.68. The quantitative estimate of drug-likeness (QED) is 0.625. The van der Waals surface area contributed by atoms with Crippen LogP contribution in [0.3, 0.4) is 0 Å². The van der Waals surface area contributed by atoms with E-state index in [-0.39, 0.29) is 25.6 Å². The van der Waals surface area contributed by atoms with Crippen molar-refractivity contribution in [3.8, 4) is 5.75 Å². The molecule has 1 aromatic heterocycles. The van der Waals surface area contributed by atoms with E-state index in [0.29, 0.717) is 43.4 Å². The molecule has 2 aliphatic rings. The Labute approximate surface area is 187 Å². The summed E-state index contributed by atoms with van der Waals surface area (Å²) in [7, 11) is 0. The molecule has 2 aromatic rings. The second-order valence-corrected chi connectivity index (χ2v) is 7.89. The summed E-state index contributed by atoms with van der Waals surface area (Å²) >= 11 is 0. The zero-order chi connectivity index (χ0) is 23.4. The van der Waals surface area contributed by atoms with Gasteiger partial charge in [-0.05, 0) is 36.5 Å². The Bertz CT molecular complexity index is 998. The summed E-state index contributed by atoms with van der Waals surface area (Å²) < 4.78 is 50.7. The van der Waals surface area contributed by atoms with E-state index in [2.05, 4.69) is 15.3 Å². The summed E-state index contributed by atoms with van der Waals surface area (Å²) in [5, 5.41) is 19.6. The van der Waals surface area contributed by atoms with E-state index >= 15 is 0 Å². The third-order valence-electron chi connectivity index (χ3n) is 5.68. The van der Waals surface area contributed by atoms with Gasteiger partial charge in [-0.3, -0.25) is 0 Å². The lowest BCUT2D eigenvalue weighted by Crippen LogP contribution is -2.40. The fourth-order valence-electron chi connectivity index (χ4n) is 4.05. The highest BCUT2D eigenvalue weighted by molar-refractivity contribution is 5.83. The monoisotopic (exact) mass is 467 g/mol. The molecule has 0 amide bonds. The van der Waals surface area contributed by atoms with Gasteiger partial charge in [-0.25, -0.2) is 4.79 Å². The lowest BCUT2D eigenvalue weighted by molar-refractivity contribution is -0.147. The standard InChI is InChI=1S/C21H24F3N5O4/c22-21(23,24)20-26-25-17-5-6-18(27-29(17)20)28-9-7-15(8-10-28)14-1-3-16(4-2-14)33-12-11-32-13-19(30)31/h1-4,15H,5-13H2,(H,30,31). The molecular weight excluding hydrogens is 443 g/mol. The number of carbonyl (C=O) groups is 1. The van der Waals surface area contributed by atoms with Gasteiger partial charge < -0.3 is 19.5 Å². The van der Waals surface area contributed by atoms with Crippen molar-refractivity contribution in [2.75, 3.05) is 32.9 Å². The van der Waals surface area contributed by atoms with Crippen LogP contribution in [0.25, 0.3) is 0 Å². The molecule has 9 nitrogen and oxygen atoms in total. The number of carboxylic acids is 1. The van der Waals surface area contributed by atoms with Gasteiger partial charge in [0.15, 0.2) is 5.82 Å². The Morgan fingerprint density at radius 2 is 1.82 bits per heavy atom. The van der Waals surface area contributed by atoms with Gasteiger partial charge >= 0.3 is 12.1 Å². The number of aromatic nitrogens is 3. The first-order valence-corrected chi connectivity index (χ1v) is 10.7. The van der Waals surface area contributed by atoms with Crippen LogP contribution in [-0.2, 0) is 22.1 Å². The van der Waals surface area contributed by atoms with Gasteiger partial charge in [0.1, 0.15) is 24.8 Å². The molecule has 33 heavy (non-hydrogen) atoms. The highest BCUT2D eigenvalue weighted by Gasteiger charge is 2.40. The number of hydrogen-bond donors (Lipinski definition) is 1. The van der Waals surface area contributed by atoms with Crippen molar-refractivity contribution in [3.05, 3.63) is 41.5 Å². The minimum absolute atomic E-state index is 0.192. The largest absolute Gasteiger partial charge is 0.491 e. The van der Waals surface area contributed by atoms with Crippen molar-refractivity contribution in [2.24, 2.45) is 5.10 Å². The van der Waals surface area contributed by atoms with Gasteiger partial charge in [0, 0.05) is 25.9 Å². The van der Waals surface area contributed by atoms with Crippen LogP contribution >= 0.6 is 0 Å². The summed E-state index contributed by atoms with van der Waals surface area (Å²) in [6.45, 7) is 1.52. The van der Waals surface area contributed by atoms with Crippen molar-refractivity contribution in [1.82, 2.24) is 19.8 Å². The van der Waals surface area contributed by atoms with Crippen molar-refractivity contribution < 1.29 is 32.5 Å². The molecule has 1 aromatic carbocycles. The number of hydrogen-bond acceptors (Lipinski definition) is 7. The number of piperidine rings is 1. The number of likely N-dealkylation sites (tertiary alicyclic amines) is 1. The first-order valence-electron chi connectivity index (χ1n) is 10.7. The SMILES string of the molecule is O=C(O)COCCOc1ccc(C2CCN(C3=Nn4c(nnc4C(F)(F)F)CC3)CC2)cc1. The maximum atomic E-state index is 13.1. The number of fused-ring (bicyclic) bond motifs is 1. The molecular formula is C21H24F3N5O4. The smallest absolute Gasteiger partial charge is 0.453 e. The van der Waals surface area contributed by atoms with Gasteiger partial charge in [-0.1, -0.05) is 12.1 Å². The average Bonchev–Trinajstić information content (AvgIpc) is 3.23. The molecule has 0 aliphatic carbocycles. The van der Waals surface area contributed by atoms with Crippen molar-refractivity contribution in [2.45, 2.75) is 37.8 Å². The molecule has 0 saturated carbocycles. The van der Waals surface area contributed by atoms with E-state index in [1.807, 2.05) is 29.2 Å². The molecule has 0 unspecified atom stereocenters. The fraction of sp³-hybridized carbons (Fsp3) is 0.524. The van der Waals surface area contributed by atoms with E-state index in [4.69, 9.17) is 14.6 Å². The second kappa shape index (κ2) is 9.77. The molecule has 0 radical (unpaired) electrons. The van der Waals surface area contributed by atoms with E-state index in [1.165, 1.54) is 5.56 Å². The van der Waals surface area contributed by atoms with Crippen LogP contribution in [0, 0.1) is 0 Å². The van der Waals surface area contributed by atoms with Crippen LogP contribution in [-0.4, -0.2) is 69.6 Å². The number of benzene rings is 1. The Kier molecular flexibility index (Phi) is 6.82. The predicted octanol–water partition coefficient (Wildman–Crippen LogP) is 2.76. The number of rotatable bonds is 7. The Morgan fingerprint density at radius 1 is 1.09 bits per heavy atom. The molecule has 1 N–H and O–H groups in total. The Hall–Kier alpha value is -3.15. The lowest BCUT2D eigenvalue weighted by atomic mass is 9.89. The molecule has 0 spiro atoms. The van der Waals surface area contributed by atoms with Crippen LogP contribution in [0.4, 0.5) is 13.2 Å². The minimum atomic E-state index is -4.59. The summed E-state index contributed by atoms with van der Waals surface area (Å²) in [6, 6.07) is 7.75. The average molecular weight is 467 g/mol. The predicted molar refractivity (Wildman–Crippen MR) is 110 cm³/mol. The lowest BCUT2D eigenvalue weighted by Gasteiger charge is -2.35. The molecule has 4 rings (SSSR count). The van der Waals surface area contributed by atoms with Crippen molar-refractivity contribution in [3.63, 3.8) is 0 Å². The number of carboxylic acid groups (broad SMARTS) is 1. The molecule has 12 heteroatoms. The van der Waals surface area contributed by atoms with Crippen LogP contribution in [0.1, 0.15) is 42.4 Å². The highest BCUT2D eigenvalue weighted by Crippen LogP contribution is 2.32. The summed E-state index contributed by atoms with van der Waals surface area (Å²) in [4.78, 5) is 12.4. The number of ether oxygens (including phenoxy) is 2.